The first-order chi connectivity index (χ1) is 9.65. The molecule has 0 radical (unpaired) electrons. The molecule has 20 heavy (non-hydrogen) atoms. The number of halogens is 1. The summed E-state index contributed by atoms with van der Waals surface area (Å²) in [5, 5.41) is 0. The van der Waals surface area contributed by atoms with Gasteiger partial charge in [0.05, 0.1) is 0 Å². The van der Waals surface area contributed by atoms with Crippen molar-refractivity contribution >= 4 is 5.91 Å². The van der Waals surface area contributed by atoms with E-state index in [1.807, 2.05) is 11.9 Å². The van der Waals surface area contributed by atoms with Crippen LogP contribution in [0.25, 0.3) is 0 Å². The number of amides is 1. The maximum absolute atomic E-state index is 12.9. The molecule has 0 aliphatic carbocycles. The highest BCUT2D eigenvalue weighted by atomic mass is 19.1. The lowest BCUT2D eigenvalue weighted by Gasteiger charge is -2.16. The molecule has 1 atom stereocenters. The van der Waals surface area contributed by atoms with Crippen LogP contribution in [0.2, 0.25) is 0 Å². The zero-order valence-electron chi connectivity index (χ0n) is 11.3. The van der Waals surface area contributed by atoms with Gasteiger partial charge < -0.3 is 9.47 Å². The summed E-state index contributed by atoms with van der Waals surface area (Å²) in [4.78, 5) is 18.3. The van der Waals surface area contributed by atoms with Gasteiger partial charge in [0.15, 0.2) is 5.82 Å². The summed E-state index contributed by atoms with van der Waals surface area (Å²) in [6, 6.07) is 6.54. The van der Waals surface area contributed by atoms with Crippen LogP contribution < -0.4 is 0 Å². The Morgan fingerprint density at radius 1 is 1.35 bits per heavy atom. The van der Waals surface area contributed by atoms with Gasteiger partial charge in [-0.1, -0.05) is 12.1 Å². The fourth-order valence-electron chi connectivity index (χ4n) is 2.66. The van der Waals surface area contributed by atoms with Crippen molar-refractivity contribution in [2.75, 3.05) is 13.1 Å². The standard InChI is InChI=1S/C15H16FN3O/c1-18-9-7-17-14(18)15(20)19-8-6-12(10-19)11-2-4-13(16)5-3-11/h2-5,7,9,12H,6,8,10H2,1H3. The highest BCUT2D eigenvalue weighted by Crippen LogP contribution is 2.28. The molecule has 1 aliphatic rings. The lowest BCUT2D eigenvalue weighted by molar-refractivity contribution is 0.0775. The first kappa shape index (κ1) is 12.8. The third-order valence-corrected chi connectivity index (χ3v) is 3.83. The number of likely N-dealkylation sites (tertiary alicyclic amines) is 1. The van der Waals surface area contributed by atoms with Crippen LogP contribution in [0.1, 0.15) is 28.5 Å². The minimum Gasteiger partial charge on any atom is -0.335 e. The van der Waals surface area contributed by atoms with Gasteiger partial charge in [0.1, 0.15) is 5.82 Å². The molecule has 0 bridgehead atoms. The predicted molar refractivity (Wildman–Crippen MR) is 72.9 cm³/mol. The molecule has 1 unspecified atom stereocenters. The fraction of sp³-hybridized carbons (Fsp3) is 0.333. The quantitative estimate of drug-likeness (QED) is 0.841. The van der Waals surface area contributed by atoms with Gasteiger partial charge in [-0.15, -0.1) is 0 Å². The van der Waals surface area contributed by atoms with Crippen LogP contribution in [0.4, 0.5) is 4.39 Å². The molecular formula is C15H16FN3O. The molecule has 1 amide bonds. The highest BCUT2D eigenvalue weighted by Gasteiger charge is 2.29. The van der Waals surface area contributed by atoms with E-state index in [1.165, 1.54) is 12.1 Å². The molecule has 1 aliphatic heterocycles. The molecule has 1 aromatic carbocycles. The number of benzene rings is 1. The van der Waals surface area contributed by atoms with Crippen molar-refractivity contribution in [2.24, 2.45) is 7.05 Å². The second kappa shape index (κ2) is 5.07. The lowest BCUT2D eigenvalue weighted by atomic mass is 9.99. The van der Waals surface area contributed by atoms with Gasteiger partial charge in [-0.3, -0.25) is 4.79 Å². The van der Waals surface area contributed by atoms with E-state index in [9.17, 15) is 9.18 Å². The van der Waals surface area contributed by atoms with Gasteiger partial charge >= 0.3 is 0 Å². The van der Waals surface area contributed by atoms with E-state index in [2.05, 4.69) is 4.98 Å². The van der Waals surface area contributed by atoms with Gasteiger partial charge in [-0.2, -0.15) is 0 Å². The number of aryl methyl sites for hydroxylation is 1. The summed E-state index contributed by atoms with van der Waals surface area (Å²) >= 11 is 0. The molecule has 2 heterocycles. The number of carbonyl (C=O) groups excluding carboxylic acids is 1. The second-order valence-electron chi connectivity index (χ2n) is 5.15. The Balaban J connectivity index is 1.72. The van der Waals surface area contributed by atoms with Crippen LogP contribution in [0.5, 0.6) is 0 Å². The molecule has 2 aromatic rings. The largest absolute Gasteiger partial charge is 0.335 e. The first-order valence-electron chi connectivity index (χ1n) is 6.67. The van der Waals surface area contributed by atoms with Crippen LogP contribution in [0, 0.1) is 5.82 Å². The molecule has 104 valence electrons. The van der Waals surface area contributed by atoms with Crippen LogP contribution in [-0.2, 0) is 7.05 Å². The monoisotopic (exact) mass is 273 g/mol. The third-order valence-electron chi connectivity index (χ3n) is 3.83. The van der Waals surface area contributed by atoms with E-state index in [0.717, 1.165) is 12.0 Å². The van der Waals surface area contributed by atoms with Crippen molar-refractivity contribution < 1.29 is 9.18 Å². The summed E-state index contributed by atoms with van der Waals surface area (Å²) in [5.74, 6) is 0.472. The van der Waals surface area contributed by atoms with Crippen molar-refractivity contribution in [3.05, 3.63) is 53.9 Å². The van der Waals surface area contributed by atoms with Crippen LogP contribution in [-0.4, -0.2) is 33.4 Å². The Hall–Kier alpha value is -2.17. The molecule has 1 saturated heterocycles. The summed E-state index contributed by atoms with van der Waals surface area (Å²) in [6.07, 6.45) is 4.29. The SMILES string of the molecule is Cn1ccnc1C(=O)N1CCC(c2ccc(F)cc2)C1. The van der Waals surface area contributed by atoms with Crippen molar-refractivity contribution in [2.45, 2.75) is 12.3 Å². The number of nitrogens with zero attached hydrogens (tertiary/aromatic N) is 3. The van der Waals surface area contributed by atoms with Crippen LogP contribution in [0.15, 0.2) is 36.7 Å². The maximum atomic E-state index is 12.9. The van der Waals surface area contributed by atoms with E-state index in [4.69, 9.17) is 0 Å². The molecule has 0 N–H and O–H groups in total. The van der Waals surface area contributed by atoms with E-state index >= 15 is 0 Å². The molecule has 1 aromatic heterocycles. The average molecular weight is 273 g/mol. The first-order valence-corrected chi connectivity index (χ1v) is 6.67. The van der Waals surface area contributed by atoms with Crippen LogP contribution >= 0.6 is 0 Å². The van der Waals surface area contributed by atoms with Gasteiger partial charge in [0.25, 0.3) is 5.91 Å². The summed E-state index contributed by atoms with van der Waals surface area (Å²) in [5.41, 5.74) is 1.08. The number of carbonyl (C=O) groups is 1. The Labute approximate surface area is 116 Å². The van der Waals surface area contributed by atoms with E-state index < -0.39 is 0 Å². The Kier molecular flexibility index (Phi) is 3.26. The summed E-state index contributed by atoms with van der Waals surface area (Å²) in [6.45, 7) is 1.38. The number of imidazole rings is 1. The van der Waals surface area contributed by atoms with Crippen molar-refractivity contribution in [1.29, 1.82) is 0 Å². The van der Waals surface area contributed by atoms with E-state index in [1.54, 1.807) is 29.1 Å². The molecule has 1 fully saturated rings. The molecule has 3 rings (SSSR count). The topological polar surface area (TPSA) is 38.1 Å². The number of rotatable bonds is 2. The Morgan fingerprint density at radius 2 is 2.10 bits per heavy atom. The van der Waals surface area contributed by atoms with Crippen LogP contribution in [0.3, 0.4) is 0 Å². The van der Waals surface area contributed by atoms with Gasteiger partial charge in [0.2, 0.25) is 0 Å². The summed E-state index contributed by atoms with van der Waals surface area (Å²) < 4.78 is 14.7. The lowest BCUT2D eigenvalue weighted by Crippen LogP contribution is -2.30. The second-order valence-corrected chi connectivity index (χ2v) is 5.15. The average Bonchev–Trinajstić information content (AvgIpc) is 3.08. The highest BCUT2D eigenvalue weighted by molar-refractivity contribution is 5.91. The smallest absolute Gasteiger partial charge is 0.289 e. The Bertz CT molecular complexity index is 620. The third kappa shape index (κ3) is 2.31. The fourth-order valence-corrected chi connectivity index (χ4v) is 2.66. The molecule has 5 heteroatoms. The summed E-state index contributed by atoms with van der Waals surface area (Å²) in [7, 11) is 1.81. The molecule has 0 saturated carbocycles. The van der Waals surface area contributed by atoms with Gasteiger partial charge in [-0.25, -0.2) is 9.37 Å². The van der Waals surface area contributed by atoms with E-state index in [-0.39, 0.29) is 17.6 Å². The maximum Gasteiger partial charge on any atom is 0.289 e. The van der Waals surface area contributed by atoms with Crippen molar-refractivity contribution in [3.8, 4) is 0 Å². The van der Waals surface area contributed by atoms with Crippen molar-refractivity contribution in [1.82, 2.24) is 14.5 Å². The van der Waals surface area contributed by atoms with Gasteiger partial charge in [-0.05, 0) is 24.1 Å². The number of aromatic nitrogens is 2. The number of hydrogen-bond donors (Lipinski definition) is 0. The zero-order valence-corrected chi connectivity index (χ0v) is 11.3. The minimum absolute atomic E-state index is 0.0397. The molecular weight excluding hydrogens is 257 g/mol. The molecule has 0 spiro atoms. The zero-order chi connectivity index (χ0) is 14.1. The number of hydrogen-bond acceptors (Lipinski definition) is 2. The van der Waals surface area contributed by atoms with Crippen molar-refractivity contribution in [3.63, 3.8) is 0 Å². The predicted octanol–water partition coefficient (Wildman–Crippen LogP) is 2.19. The normalized spacial score (nSPS) is 18.5. The molecule has 4 nitrogen and oxygen atoms in total. The Morgan fingerprint density at radius 3 is 2.75 bits per heavy atom. The van der Waals surface area contributed by atoms with Gasteiger partial charge in [0, 0.05) is 38.4 Å². The van der Waals surface area contributed by atoms with E-state index in [0.29, 0.717) is 18.9 Å². The minimum atomic E-state index is -0.229.